The van der Waals surface area contributed by atoms with Crippen LogP contribution in [0, 0.1) is 0 Å². The Bertz CT molecular complexity index is 268. The highest BCUT2D eigenvalue weighted by atomic mass is 35.5. The normalized spacial score (nSPS) is 10.1. The van der Waals surface area contributed by atoms with Crippen molar-refractivity contribution in [1.29, 1.82) is 0 Å². The van der Waals surface area contributed by atoms with Crippen molar-refractivity contribution in [1.82, 2.24) is 4.98 Å². The molecule has 0 aliphatic carbocycles. The lowest BCUT2D eigenvalue weighted by molar-refractivity contribution is 0.975. The van der Waals surface area contributed by atoms with Gasteiger partial charge in [-0.3, -0.25) is 0 Å². The minimum atomic E-state index is 0.550. The fourth-order valence-electron chi connectivity index (χ4n) is 0.987. The standard InChI is InChI=1S/C9H13ClN2S/c1-12(5-6-13-2)8-3-4-11-9(10)7-8/h3-4,7H,5-6H2,1-2H3. The van der Waals surface area contributed by atoms with Gasteiger partial charge in [-0.15, -0.1) is 0 Å². The van der Waals surface area contributed by atoms with E-state index in [4.69, 9.17) is 11.6 Å². The van der Waals surface area contributed by atoms with Gasteiger partial charge in [0.2, 0.25) is 0 Å². The van der Waals surface area contributed by atoms with Crippen molar-refractivity contribution in [2.75, 3.05) is 30.5 Å². The van der Waals surface area contributed by atoms with Crippen LogP contribution >= 0.6 is 23.4 Å². The van der Waals surface area contributed by atoms with Crippen molar-refractivity contribution >= 4 is 29.1 Å². The molecule has 0 fully saturated rings. The van der Waals surface area contributed by atoms with Gasteiger partial charge in [-0.05, 0) is 18.4 Å². The van der Waals surface area contributed by atoms with Crippen molar-refractivity contribution in [3.8, 4) is 0 Å². The van der Waals surface area contributed by atoms with Gasteiger partial charge in [-0.25, -0.2) is 4.98 Å². The van der Waals surface area contributed by atoms with Gasteiger partial charge in [0.1, 0.15) is 5.15 Å². The van der Waals surface area contributed by atoms with Crippen molar-refractivity contribution in [2.24, 2.45) is 0 Å². The van der Waals surface area contributed by atoms with Crippen molar-refractivity contribution < 1.29 is 0 Å². The first-order chi connectivity index (χ1) is 6.24. The molecule has 72 valence electrons. The molecule has 2 nitrogen and oxygen atoms in total. The number of nitrogens with zero attached hydrogens (tertiary/aromatic N) is 2. The zero-order chi connectivity index (χ0) is 9.68. The fraction of sp³-hybridized carbons (Fsp3) is 0.444. The van der Waals surface area contributed by atoms with E-state index in [-0.39, 0.29) is 0 Å². The smallest absolute Gasteiger partial charge is 0.131 e. The molecule has 1 aromatic heterocycles. The third kappa shape index (κ3) is 3.44. The Hall–Kier alpha value is -0.410. The zero-order valence-electron chi connectivity index (χ0n) is 7.83. The van der Waals surface area contributed by atoms with Crippen molar-refractivity contribution in [3.05, 3.63) is 23.5 Å². The molecule has 1 heterocycles. The summed E-state index contributed by atoms with van der Waals surface area (Å²) >= 11 is 7.62. The van der Waals surface area contributed by atoms with Gasteiger partial charge in [0.25, 0.3) is 0 Å². The lowest BCUT2D eigenvalue weighted by Gasteiger charge is -2.18. The van der Waals surface area contributed by atoms with E-state index >= 15 is 0 Å². The number of anilines is 1. The number of thioether (sulfide) groups is 1. The Kier molecular flexibility index (Phi) is 4.39. The number of rotatable bonds is 4. The number of aromatic nitrogens is 1. The maximum absolute atomic E-state index is 5.78. The first kappa shape index (κ1) is 10.7. The first-order valence-electron chi connectivity index (χ1n) is 4.05. The van der Waals surface area contributed by atoms with Crippen LogP contribution < -0.4 is 4.90 Å². The summed E-state index contributed by atoms with van der Waals surface area (Å²) < 4.78 is 0. The summed E-state index contributed by atoms with van der Waals surface area (Å²) in [5, 5.41) is 0.550. The van der Waals surface area contributed by atoms with E-state index in [9.17, 15) is 0 Å². The van der Waals surface area contributed by atoms with Crippen molar-refractivity contribution in [3.63, 3.8) is 0 Å². The quantitative estimate of drug-likeness (QED) is 0.720. The Labute approximate surface area is 88.3 Å². The van der Waals surface area contributed by atoms with E-state index in [1.165, 1.54) is 0 Å². The number of hydrogen-bond donors (Lipinski definition) is 0. The predicted molar refractivity (Wildman–Crippen MR) is 60.9 cm³/mol. The number of pyridine rings is 1. The average Bonchev–Trinajstić information content (AvgIpc) is 2.14. The summed E-state index contributed by atoms with van der Waals surface area (Å²) in [6.45, 7) is 1.03. The summed E-state index contributed by atoms with van der Waals surface area (Å²) in [5.74, 6) is 1.12. The van der Waals surface area contributed by atoms with E-state index in [0.717, 1.165) is 18.0 Å². The van der Waals surface area contributed by atoms with Crippen LogP contribution in [0.4, 0.5) is 5.69 Å². The van der Waals surface area contributed by atoms with Crippen LogP contribution in [0.25, 0.3) is 0 Å². The lowest BCUT2D eigenvalue weighted by atomic mass is 10.4. The molecule has 0 aromatic carbocycles. The van der Waals surface area contributed by atoms with Gasteiger partial charge in [-0.2, -0.15) is 11.8 Å². The molecule has 0 bridgehead atoms. The molecule has 0 aliphatic rings. The molecule has 0 aliphatic heterocycles. The van der Waals surface area contributed by atoms with Gasteiger partial charge >= 0.3 is 0 Å². The molecule has 0 radical (unpaired) electrons. The van der Waals surface area contributed by atoms with Crippen LogP contribution in [0.3, 0.4) is 0 Å². The summed E-state index contributed by atoms with van der Waals surface area (Å²) in [6.07, 6.45) is 3.83. The molecule has 4 heteroatoms. The predicted octanol–water partition coefficient (Wildman–Crippen LogP) is 2.53. The third-order valence-electron chi connectivity index (χ3n) is 1.78. The fourth-order valence-corrected chi connectivity index (χ4v) is 1.61. The SMILES string of the molecule is CSCCN(C)c1ccnc(Cl)c1. The van der Waals surface area contributed by atoms with Crippen LogP contribution in [0.5, 0.6) is 0 Å². The first-order valence-corrected chi connectivity index (χ1v) is 5.83. The third-order valence-corrected chi connectivity index (χ3v) is 2.58. The van der Waals surface area contributed by atoms with Gasteiger partial charge < -0.3 is 4.90 Å². The average molecular weight is 217 g/mol. The number of hydrogen-bond acceptors (Lipinski definition) is 3. The van der Waals surface area contributed by atoms with Crippen LogP contribution in [0.15, 0.2) is 18.3 Å². The highest BCUT2D eigenvalue weighted by molar-refractivity contribution is 7.98. The second-order valence-corrected chi connectivity index (χ2v) is 4.12. The summed E-state index contributed by atoms with van der Waals surface area (Å²) in [4.78, 5) is 6.11. The molecule has 0 atom stereocenters. The minimum Gasteiger partial charge on any atom is -0.374 e. The van der Waals surface area contributed by atoms with Gasteiger partial charge in [0.05, 0.1) is 0 Å². The summed E-state index contributed by atoms with van der Waals surface area (Å²) in [6, 6.07) is 3.84. The van der Waals surface area contributed by atoms with Gasteiger partial charge in [-0.1, -0.05) is 11.6 Å². The Morgan fingerprint density at radius 1 is 1.62 bits per heavy atom. The van der Waals surface area contributed by atoms with Crippen LogP contribution in [0.1, 0.15) is 0 Å². The van der Waals surface area contributed by atoms with E-state index in [1.54, 1.807) is 6.20 Å². The largest absolute Gasteiger partial charge is 0.374 e. The second-order valence-electron chi connectivity index (χ2n) is 2.75. The molecule has 0 unspecified atom stereocenters. The van der Waals surface area contributed by atoms with E-state index in [0.29, 0.717) is 5.15 Å². The Balaban J connectivity index is 2.60. The molecule has 1 rings (SSSR count). The molecular formula is C9H13ClN2S. The van der Waals surface area contributed by atoms with E-state index < -0.39 is 0 Å². The molecule has 0 spiro atoms. The maximum Gasteiger partial charge on any atom is 0.131 e. The second kappa shape index (κ2) is 5.35. The minimum absolute atomic E-state index is 0.550. The zero-order valence-corrected chi connectivity index (χ0v) is 9.40. The summed E-state index contributed by atoms with van der Waals surface area (Å²) in [7, 11) is 2.06. The van der Waals surface area contributed by atoms with Crippen molar-refractivity contribution in [2.45, 2.75) is 0 Å². The lowest BCUT2D eigenvalue weighted by Crippen LogP contribution is -2.20. The number of halogens is 1. The molecule has 1 aromatic rings. The van der Waals surface area contributed by atoms with E-state index in [2.05, 4.69) is 23.2 Å². The Morgan fingerprint density at radius 2 is 2.38 bits per heavy atom. The van der Waals surface area contributed by atoms with Crippen LogP contribution in [-0.2, 0) is 0 Å². The van der Waals surface area contributed by atoms with Gasteiger partial charge in [0, 0.05) is 31.2 Å². The monoisotopic (exact) mass is 216 g/mol. The highest BCUT2D eigenvalue weighted by Gasteiger charge is 2.00. The molecule has 0 amide bonds. The van der Waals surface area contributed by atoms with E-state index in [1.807, 2.05) is 23.9 Å². The highest BCUT2D eigenvalue weighted by Crippen LogP contribution is 2.15. The topological polar surface area (TPSA) is 16.1 Å². The molecular weight excluding hydrogens is 204 g/mol. The maximum atomic E-state index is 5.78. The molecule has 0 saturated heterocycles. The van der Waals surface area contributed by atoms with Gasteiger partial charge in [0.15, 0.2) is 0 Å². The Morgan fingerprint density at radius 3 is 3.00 bits per heavy atom. The molecule has 0 saturated carbocycles. The summed E-state index contributed by atoms with van der Waals surface area (Å²) in [5.41, 5.74) is 1.12. The van der Waals surface area contributed by atoms with Crippen LogP contribution in [0.2, 0.25) is 5.15 Å². The molecule has 13 heavy (non-hydrogen) atoms. The molecule has 0 N–H and O–H groups in total. The van der Waals surface area contributed by atoms with Crippen LogP contribution in [-0.4, -0.2) is 30.6 Å².